The van der Waals surface area contributed by atoms with E-state index in [4.69, 9.17) is 19.4 Å². The van der Waals surface area contributed by atoms with Gasteiger partial charge in [0.25, 0.3) is 5.91 Å². The molecule has 2 fully saturated rings. The number of urea groups is 1. The van der Waals surface area contributed by atoms with Crippen molar-refractivity contribution in [3.05, 3.63) is 58.2 Å². The number of fused-ring (bicyclic) bond motifs is 6. The number of hydrazine groups is 1. The summed E-state index contributed by atoms with van der Waals surface area (Å²) < 4.78 is 14.3. The molecule has 0 saturated carbocycles. The lowest BCUT2D eigenvalue weighted by molar-refractivity contribution is -0.155. The largest absolute Gasteiger partial charge is 0.464 e. The van der Waals surface area contributed by atoms with Crippen LogP contribution < -0.4 is 10.7 Å². The van der Waals surface area contributed by atoms with Crippen molar-refractivity contribution >= 4 is 46.1 Å². The molecule has 3 aliphatic rings. The number of carbonyl (C=O) groups is 4. The number of likely N-dealkylation sites (N-methyl/N-ethyl adjacent to an activating group) is 1. The first-order chi connectivity index (χ1) is 30.4. The van der Waals surface area contributed by atoms with Crippen LogP contribution in [0.1, 0.15) is 83.7 Å². The van der Waals surface area contributed by atoms with E-state index in [0.717, 1.165) is 44.7 Å². The van der Waals surface area contributed by atoms with Gasteiger partial charge in [-0.15, -0.1) is 11.3 Å². The fourth-order valence-electron chi connectivity index (χ4n) is 9.48. The number of aromatic nitrogens is 3. The Bertz CT molecular complexity index is 2350. The molecule has 5 atom stereocenters. The number of likely N-dealkylation sites (tertiary alicyclic amines) is 1. The van der Waals surface area contributed by atoms with Crippen LogP contribution in [0.2, 0.25) is 0 Å². The first-order valence-corrected chi connectivity index (χ1v) is 23.6. The summed E-state index contributed by atoms with van der Waals surface area (Å²) in [5.41, 5.74) is 9.40. The van der Waals surface area contributed by atoms with Crippen molar-refractivity contribution in [2.24, 2.45) is 17.3 Å². The first kappa shape index (κ1) is 47.1. The Hall–Kier alpha value is -4.90. The molecular formula is C48H67N9O6S. The summed E-state index contributed by atoms with van der Waals surface area (Å²) in [6.07, 6.45) is 3.30. The molecule has 2 saturated heterocycles. The fourth-order valence-corrected chi connectivity index (χ4v) is 10.3. The van der Waals surface area contributed by atoms with Crippen LogP contribution in [0.15, 0.2) is 41.9 Å². The van der Waals surface area contributed by atoms with Crippen LogP contribution in [0.3, 0.4) is 0 Å². The van der Waals surface area contributed by atoms with Gasteiger partial charge in [0.05, 0.1) is 34.8 Å². The lowest BCUT2D eigenvalue weighted by Crippen LogP contribution is -2.64. The summed E-state index contributed by atoms with van der Waals surface area (Å²) >= 11 is 1.43. The molecule has 6 heterocycles. The molecule has 1 unspecified atom stereocenters. The third-order valence-corrected chi connectivity index (χ3v) is 14.3. The van der Waals surface area contributed by atoms with Crippen LogP contribution in [0.5, 0.6) is 0 Å². The van der Waals surface area contributed by atoms with E-state index in [1.807, 2.05) is 46.3 Å². The Morgan fingerprint density at radius 1 is 1.11 bits per heavy atom. The highest BCUT2D eigenvalue weighted by molar-refractivity contribution is 7.10. The predicted molar refractivity (Wildman–Crippen MR) is 249 cm³/mol. The zero-order chi connectivity index (χ0) is 46.2. The number of hydrogen-bond acceptors (Lipinski definition) is 11. The Balaban J connectivity index is 1.26. The van der Waals surface area contributed by atoms with Gasteiger partial charge in [-0.3, -0.25) is 24.4 Å². The number of methoxy groups -OCH3 is 1. The number of hydrogen-bond donors (Lipinski definition) is 2. The van der Waals surface area contributed by atoms with E-state index in [0.29, 0.717) is 62.4 Å². The number of nitrogens with zero attached hydrogens (tertiary/aromatic N) is 7. The van der Waals surface area contributed by atoms with Crippen LogP contribution in [0, 0.1) is 17.3 Å². The number of thiazole rings is 1. The van der Waals surface area contributed by atoms with E-state index in [1.54, 1.807) is 25.3 Å². The van der Waals surface area contributed by atoms with Gasteiger partial charge in [-0.25, -0.2) is 15.2 Å². The molecule has 6 bridgehead atoms. The second-order valence-electron chi connectivity index (χ2n) is 19.2. The lowest BCUT2D eigenvalue weighted by atomic mass is 9.84. The van der Waals surface area contributed by atoms with Gasteiger partial charge in [-0.1, -0.05) is 33.8 Å². The third kappa shape index (κ3) is 9.56. The Kier molecular flexibility index (Phi) is 14.2. The second-order valence-corrected chi connectivity index (χ2v) is 20.2. The zero-order valence-corrected chi connectivity index (χ0v) is 40.3. The molecule has 1 aromatic carbocycles. The van der Waals surface area contributed by atoms with Crippen LogP contribution in [0.25, 0.3) is 33.4 Å². The van der Waals surface area contributed by atoms with Gasteiger partial charge in [-0.2, -0.15) is 0 Å². The van der Waals surface area contributed by atoms with E-state index in [-0.39, 0.29) is 37.0 Å². The summed E-state index contributed by atoms with van der Waals surface area (Å²) in [5.74, 6) is -1.16. The summed E-state index contributed by atoms with van der Waals surface area (Å²) in [6.45, 7) is 16.7. The van der Waals surface area contributed by atoms with Gasteiger partial charge in [0, 0.05) is 97.7 Å². The molecule has 15 nitrogen and oxygen atoms in total. The number of esters is 1. The third-order valence-electron chi connectivity index (χ3n) is 13.5. The van der Waals surface area contributed by atoms with Gasteiger partial charge in [0.15, 0.2) is 0 Å². The summed E-state index contributed by atoms with van der Waals surface area (Å²) in [4.78, 5) is 72.0. The van der Waals surface area contributed by atoms with Gasteiger partial charge in [0.2, 0.25) is 5.91 Å². The van der Waals surface area contributed by atoms with Crippen LogP contribution in [-0.2, 0) is 43.2 Å². The second kappa shape index (κ2) is 19.3. The maximum absolute atomic E-state index is 14.6. The van der Waals surface area contributed by atoms with Crippen LogP contribution in [0.4, 0.5) is 4.79 Å². The highest BCUT2D eigenvalue weighted by atomic mass is 32.1. The average molecular weight is 898 g/mol. The molecule has 7 rings (SSSR count). The van der Waals surface area contributed by atoms with Crippen molar-refractivity contribution in [2.75, 3.05) is 54.5 Å². The predicted octanol–water partition coefficient (Wildman–Crippen LogP) is 6.16. The first-order valence-electron chi connectivity index (χ1n) is 22.7. The van der Waals surface area contributed by atoms with Crippen molar-refractivity contribution in [3.8, 4) is 22.5 Å². The zero-order valence-electron chi connectivity index (χ0n) is 39.4. The highest BCUT2D eigenvalue weighted by Crippen LogP contribution is 2.42. The molecule has 3 aromatic heterocycles. The maximum Gasteiger partial charge on any atom is 0.324 e. The average Bonchev–Trinajstić information content (AvgIpc) is 3.85. The number of ether oxygens (including phenoxy) is 2. The van der Waals surface area contributed by atoms with E-state index in [9.17, 15) is 19.2 Å². The molecule has 64 heavy (non-hydrogen) atoms. The van der Waals surface area contributed by atoms with E-state index in [1.165, 1.54) is 21.2 Å². The molecular weight excluding hydrogens is 831 g/mol. The number of nitrogens with one attached hydrogen (secondary N) is 2. The maximum atomic E-state index is 14.6. The van der Waals surface area contributed by atoms with E-state index in [2.05, 4.69) is 72.2 Å². The Morgan fingerprint density at radius 3 is 2.55 bits per heavy atom. The molecule has 3 aliphatic heterocycles. The smallest absolute Gasteiger partial charge is 0.324 e. The molecule has 346 valence electrons. The van der Waals surface area contributed by atoms with Crippen molar-refractivity contribution in [2.45, 2.75) is 111 Å². The molecule has 4 amide bonds. The van der Waals surface area contributed by atoms with Gasteiger partial charge in [0.1, 0.15) is 18.1 Å². The quantitative estimate of drug-likeness (QED) is 0.177. The minimum atomic E-state index is -1.04. The number of cyclic esters (lactones) is 1. The van der Waals surface area contributed by atoms with E-state index < -0.39 is 35.4 Å². The monoisotopic (exact) mass is 897 g/mol. The van der Waals surface area contributed by atoms with Crippen LogP contribution >= 0.6 is 11.3 Å². The SMILES string of the molecule is CCn1c(-c2cccnc2[C@H](C)OC)c2c3cc(ccc31)-c1csc(n1)C[C@H](NC(=O)C(C(C)C)N(C)C(=O)N1CC([C@H](C)N(C)C)C1)C(=O)N1CCC[C@H](N1)C(=O)OCC(C)(C)C2. The number of pyridine rings is 1. The van der Waals surface area contributed by atoms with Crippen molar-refractivity contribution in [3.63, 3.8) is 0 Å². The number of aryl methyl sites for hydroxylation is 1. The number of benzene rings is 1. The normalized spacial score (nSPS) is 21.0. The fraction of sp³-hybridized carbons (Fsp3) is 0.583. The lowest BCUT2D eigenvalue weighted by Gasteiger charge is -2.46. The van der Waals surface area contributed by atoms with E-state index >= 15 is 0 Å². The number of rotatable bonds is 10. The number of amides is 4. The summed E-state index contributed by atoms with van der Waals surface area (Å²) in [5, 5.41) is 8.23. The Labute approximate surface area is 381 Å². The molecule has 2 N–H and O–H groups in total. The standard InChI is InChI=1S/C48H67N9O6S/c1-12-56-39-18-17-31-21-34(39)35(43(56)33-15-13-19-49-41(33)30(5)62-11)23-48(6,7)27-63-46(60)36-16-14-20-57(52-36)45(59)37(22-40-50-38(31)26-64-40)51-44(58)42(28(2)3)54(10)47(61)55-24-32(25-55)29(4)53(8)9/h13,15,17-19,21,26,28-30,32,36-37,42,52H,12,14,16,20,22-25,27H2,1-11H3,(H,51,58)/t29-,30-,36-,37-,42?/m0/s1. The molecule has 0 spiro atoms. The summed E-state index contributed by atoms with van der Waals surface area (Å²) in [6, 6.07) is 7.93. The van der Waals surface area contributed by atoms with Crippen molar-refractivity contribution in [1.29, 1.82) is 0 Å². The van der Waals surface area contributed by atoms with Crippen LogP contribution in [-0.4, -0.2) is 137 Å². The number of carbonyl (C=O) groups excluding carboxylic acids is 4. The summed E-state index contributed by atoms with van der Waals surface area (Å²) in [7, 11) is 7.42. The Morgan fingerprint density at radius 2 is 1.86 bits per heavy atom. The minimum Gasteiger partial charge on any atom is -0.464 e. The van der Waals surface area contributed by atoms with Crippen molar-refractivity contribution < 1.29 is 28.7 Å². The molecule has 0 aliphatic carbocycles. The van der Waals surface area contributed by atoms with Gasteiger partial charge in [-0.05, 0) is 89.9 Å². The van der Waals surface area contributed by atoms with Gasteiger partial charge >= 0.3 is 12.0 Å². The highest BCUT2D eigenvalue weighted by Gasteiger charge is 2.42. The minimum absolute atomic E-state index is 0.112. The topological polar surface area (TPSA) is 154 Å². The van der Waals surface area contributed by atoms with Crippen molar-refractivity contribution in [1.82, 2.24) is 45.0 Å². The molecule has 0 radical (unpaired) electrons. The molecule has 16 heteroatoms. The molecule has 4 aromatic rings. The van der Waals surface area contributed by atoms with Gasteiger partial charge < -0.3 is 34.1 Å².